The summed E-state index contributed by atoms with van der Waals surface area (Å²) in [7, 11) is 0. The van der Waals surface area contributed by atoms with E-state index in [1.807, 2.05) is 12.3 Å². The first-order valence-electron chi connectivity index (χ1n) is 7.57. The van der Waals surface area contributed by atoms with Gasteiger partial charge in [-0.15, -0.1) is 0 Å². The highest BCUT2D eigenvalue weighted by molar-refractivity contribution is 5.17. The molecule has 0 radical (unpaired) electrons. The summed E-state index contributed by atoms with van der Waals surface area (Å²) in [4.78, 5) is 7.11. The monoisotopic (exact) mass is 261 g/mol. The van der Waals surface area contributed by atoms with Gasteiger partial charge >= 0.3 is 0 Å². The lowest BCUT2D eigenvalue weighted by Gasteiger charge is -2.35. The molecule has 2 rings (SSSR count). The molecule has 1 saturated heterocycles. The molecule has 0 atom stereocenters. The quantitative estimate of drug-likeness (QED) is 0.903. The average Bonchev–Trinajstić information content (AvgIpc) is 2.64. The number of aryl methyl sites for hydroxylation is 1. The Labute approximate surface area is 117 Å². The standard InChI is InChI=1S/C16H27N3/c1-4-16(5-2)13-19(11-7-10-18-16)12-15-14(3)8-6-9-17-15/h6,8-9,18H,4-5,7,10-13H2,1-3H3. The molecule has 1 aliphatic heterocycles. The van der Waals surface area contributed by atoms with Crippen molar-refractivity contribution in [2.45, 2.75) is 52.1 Å². The molecule has 0 aliphatic carbocycles. The molecule has 2 heterocycles. The van der Waals surface area contributed by atoms with Gasteiger partial charge in [-0.25, -0.2) is 0 Å². The summed E-state index contributed by atoms with van der Waals surface area (Å²) in [5, 5.41) is 3.76. The van der Waals surface area contributed by atoms with Crippen molar-refractivity contribution < 1.29 is 0 Å². The van der Waals surface area contributed by atoms with Crippen LogP contribution in [0.3, 0.4) is 0 Å². The maximum absolute atomic E-state index is 4.54. The highest BCUT2D eigenvalue weighted by Gasteiger charge is 2.30. The van der Waals surface area contributed by atoms with Crippen LogP contribution in [0.2, 0.25) is 0 Å². The number of hydrogen-bond donors (Lipinski definition) is 1. The predicted molar refractivity (Wildman–Crippen MR) is 80.2 cm³/mol. The number of aromatic nitrogens is 1. The highest BCUT2D eigenvalue weighted by Crippen LogP contribution is 2.21. The molecular weight excluding hydrogens is 234 g/mol. The van der Waals surface area contributed by atoms with E-state index >= 15 is 0 Å². The van der Waals surface area contributed by atoms with E-state index < -0.39 is 0 Å². The molecule has 0 unspecified atom stereocenters. The molecule has 0 amide bonds. The Kier molecular flexibility index (Phi) is 4.94. The van der Waals surface area contributed by atoms with E-state index in [0.717, 1.165) is 19.6 Å². The molecule has 1 aromatic rings. The highest BCUT2D eigenvalue weighted by atomic mass is 15.2. The fraction of sp³-hybridized carbons (Fsp3) is 0.688. The van der Waals surface area contributed by atoms with E-state index in [0.29, 0.717) is 5.54 Å². The molecule has 19 heavy (non-hydrogen) atoms. The average molecular weight is 261 g/mol. The Balaban J connectivity index is 2.09. The molecule has 0 spiro atoms. The van der Waals surface area contributed by atoms with Gasteiger partial charge in [0.25, 0.3) is 0 Å². The van der Waals surface area contributed by atoms with Crippen molar-refractivity contribution in [3.8, 4) is 0 Å². The first-order valence-corrected chi connectivity index (χ1v) is 7.57. The van der Waals surface area contributed by atoms with E-state index in [1.54, 1.807) is 0 Å². The van der Waals surface area contributed by atoms with E-state index in [4.69, 9.17) is 0 Å². The van der Waals surface area contributed by atoms with Gasteiger partial charge in [-0.2, -0.15) is 0 Å². The number of rotatable bonds is 4. The van der Waals surface area contributed by atoms with Crippen LogP contribution in [-0.4, -0.2) is 35.1 Å². The molecule has 1 fully saturated rings. The molecule has 0 saturated carbocycles. The summed E-state index contributed by atoms with van der Waals surface area (Å²) in [5.41, 5.74) is 2.82. The largest absolute Gasteiger partial charge is 0.310 e. The lowest BCUT2D eigenvalue weighted by molar-refractivity contribution is 0.189. The van der Waals surface area contributed by atoms with Crippen molar-refractivity contribution >= 4 is 0 Å². The van der Waals surface area contributed by atoms with Gasteiger partial charge in [0.15, 0.2) is 0 Å². The van der Waals surface area contributed by atoms with Gasteiger partial charge in [0.2, 0.25) is 0 Å². The zero-order chi connectivity index (χ0) is 13.7. The lowest BCUT2D eigenvalue weighted by atomic mass is 9.92. The zero-order valence-corrected chi connectivity index (χ0v) is 12.6. The number of nitrogens with zero attached hydrogens (tertiary/aromatic N) is 2. The van der Waals surface area contributed by atoms with Crippen molar-refractivity contribution in [1.29, 1.82) is 0 Å². The van der Waals surface area contributed by atoms with Crippen LogP contribution in [0.5, 0.6) is 0 Å². The first kappa shape index (κ1) is 14.5. The molecular formula is C16H27N3. The fourth-order valence-corrected chi connectivity index (χ4v) is 2.97. The minimum atomic E-state index is 0.291. The second-order valence-electron chi connectivity index (χ2n) is 5.75. The third-order valence-corrected chi connectivity index (χ3v) is 4.52. The summed E-state index contributed by atoms with van der Waals surface area (Å²) in [6.07, 6.45) is 5.53. The molecule has 1 N–H and O–H groups in total. The zero-order valence-electron chi connectivity index (χ0n) is 12.6. The molecule has 3 nitrogen and oxygen atoms in total. The molecule has 1 aliphatic rings. The van der Waals surface area contributed by atoms with Crippen molar-refractivity contribution in [1.82, 2.24) is 15.2 Å². The minimum Gasteiger partial charge on any atom is -0.310 e. The van der Waals surface area contributed by atoms with Crippen molar-refractivity contribution in [3.05, 3.63) is 29.6 Å². The Hall–Kier alpha value is -0.930. The second-order valence-corrected chi connectivity index (χ2v) is 5.75. The normalized spacial score (nSPS) is 20.2. The van der Waals surface area contributed by atoms with Gasteiger partial charge in [-0.05, 0) is 50.9 Å². The third kappa shape index (κ3) is 3.54. The second kappa shape index (κ2) is 6.49. The predicted octanol–water partition coefficient (Wildman–Crippen LogP) is 2.74. The molecule has 0 bridgehead atoms. The summed E-state index contributed by atoms with van der Waals surface area (Å²) in [5.74, 6) is 0. The van der Waals surface area contributed by atoms with Crippen LogP contribution in [0, 0.1) is 6.92 Å². The van der Waals surface area contributed by atoms with Gasteiger partial charge in [0.1, 0.15) is 0 Å². The van der Waals surface area contributed by atoms with Gasteiger partial charge < -0.3 is 5.32 Å². The molecule has 3 heteroatoms. The topological polar surface area (TPSA) is 28.2 Å². The van der Waals surface area contributed by atoms with Crippen LogP contribution < -0.4 is 5.32 Å². The molecule has 1 aromatic heterocycles. The Bertz CT molecular complexity index is 399. The van der Waals surface area contributed by atoms with E-state index in [1.165, 1.54) is 37.1 Å². The number of nitrogens with one attached hydrogen (secondary N) is 1. The summed E-state index contributed by atoms with van der Waals surface area (Å²) in [6.45, 7) is 11.2. The van der Waals surface area contributed by atoms with Crippen molar-refractivity contribution in [2.24, 2.45) is 0 Å². The molecule has 0 aromatic carbocycles. The number of hydrogen-bond acceptors (Lipinski definition) is 3. The summed E-state index contributed by atoms with van der Waals surface area (Å²) >= 11 is 0. The van der Waals surface area contributed by atoms with Gasteiger partial charge in [-0.1, -0.05) is 19.9 Å². The van der Waals surface area contributed by atoms with Crippen LogP contribution in [0.4, 0.5) is 0 Å². The SMILES string of the molecule is CCC1(CC)CN(Cc2ncccc2C)CCCN1. The Morgan fingerprint density at radius 1 is 1.37 bits per heavy atom. The van der Waals surface area contributed by atoms with Crippen LogP contribution in [0.15, 0.2) is 18.3 Å². The smallest absolute Gasteiger partial charge is 0.0573 e. The Morgan fingerprint density at radius 3 is 2.84 bits per heavy atom. The number of pyridine rings is 1. The van der Waals surface area contributed by atoms with Gasteiger partial charge in [-0.3, -0.25) is 9.88 Å². The lowest BCUT2D eigenvalue weighted by Crippen LogP contribution is -2.50. The van der Waals surface area contributed by atoms with Gasteiger partial charge in [0.05, 0.1) is 5.69 Å². The van der Waals surface area contributed by atoms with Crippen LogP contribution in [0.25, 0.3) is 0 Å². The van der Waals surface area contributed by atoms with Gasteiger partial charge in [0, 0.05) is 24.8 Å². The van der Waals surface area contributed by atoms with E-state index in [2.05, 4.69) is 42.0 Å². The van der Waals surface area contributed by atoms with Crippen LogP contribution >= 0.6 is 0 Å². The fourth-order valence-electron chi connectivity index (χ4n) is 2.97. The third-order valence-electron chi connectivity index (χ3n) is 4.52. The van der Waals surface area contributed by atoms with Crippen LogP contribution in [-0.2, 0) is 6.54 Å². The minimum absolute atomic E-state index is 0.291. The Morgan fingerprint density at radius 2 is 2.16 bits per heavy atom. The summed E-state index contributed by atoms with van der Waals surface area (Å²) in [6, 6.07) is 4.18. The van der Waals surface area contributed by atoms with E-state index in [-0.39, 0.29) is 0 Å². The van der Waals surface area contributed by atoms with Crippen molar-refractivity contribution in [3.63, 3.8) is 0 Å². The van der Waals surface area contributed by atoms with Crippen LogP contribution in [0.1, 0.15) is 44.4 Å². The van der Waals surface area contributed by atoms with E-state index in [9.17, 15) is 0 Å². The maximum atomic E-state index is 4.54. The first-order chi connectivity index (χ1) is 9.19. The van der Waals surface area contributed by atoms with Crippen molar-refractivity contribution in [2.75, 3.05) is 19.6 Å². The summed E-state index contributed by atoms with van der Waals surface area (Å²) < 4.78 is 0. The molecule has 106 valence electrons. The maximum Gasteiger partial charge on any atom is 0.0573 e.